The maximum Gasteiger partial charge on any atom is 0.494 e. The molecule has 1 N–H and O–H groups in total. The number of rotatable bonds is 3. The van der Waals surface area contributed by atoms with Crippen LogP contribution in [0.4, 0.5) is 4.79 Å². The van der Waals surface area contributed by atoms with Gasteiger partial charge in [-0.1, -0.05) is 35.9 Å². The van der Waals surface area contributed by atoms with Crippen LogP contribution in [0.2, 0.25) is 5.15 Å². The van der Waals surface area contributed by atoms with Crippen molar-refractivity contribution in [3.63, 3.8) is 0 Å². The Balaban J connectivity index is 1.52. The van der Waals surface area contributed by atoms with E-state index in [4.69, 9.17) is 25.6 Å². The van der Waals surface area contributed by atoms with Crippen molar-refractivity contribution in [1.82, 2.24) is 14.9 Å². The van der Waals surface area contributed by atoms with Crippen LogP contribution in [-0.2, 0) is 14.0 Å². The van der Waals surface area contributed by atoms with E-state index in [1.54, 1.807) is 4.90 Å². The Morgan fingerprint density at radius 1 is 1.18 bits per heavy atom. The summed E-state index contributed by atoms with van der Waals surface area (Å²) >= 11 is 6.51. The summed E-state index contributed by atoms with van der Waals surface area (Å²) in [5, 5.41) is 0.379. The summed E-state index contributed by atoms with van der Waals surface area (Å²) in [6.07, 6.45) is 1.37. The minimum absolute atomic E-state index is 0.185. The number of benzene rings is 1. The molecule has 2 aromatic rings. The molecule has 3 heterocycles. The number of nitrogens with one attached hydrogen (secondary N) is 1. The second kappa shape index (κ2) is 8.33. The van der Waals surface area contributed by atoms with Gasteiger partial charge in [-0.3, -0.25) is 4.90 Å². The van der Waals surface area contributed by atoms with Crippen LogP contribution in [0.3, 0.4) is 0 Å². The first-order chi connectivity index (χ1) is 15.3. The van der Waals surface area contributed by atoms with E-state index in [9.17, 15) is 4.79 Å². The van der Waals surface area contributed by atoms with Gasteiger partial charge in [0.2, 0.25) is 0 Å². The van der Waals surface area contributed by atoms with Gasteiger partial charge >= 0.3 is 13.2 Å². The molecule has 2 aliphatic rings. The number of carbonyl (C=O) groups is 1. The van der Waals surface area contributed by atoms with Crippen LogP contribution in [0.5, 0.6) is 0 Å². The van der Waals surface area contributed by atoms with Crippen molar-refractivity contribution < 1.29 is 18.8 Å². The van der Waals surface area contributed by atoms with Gasteiger partial charge in [0.25, 0.3) is 0 Å². The molecule has 178 valence electrons. The number of hydrogen-bond donors (Lipinski definition) is 1. The first kappa shape index (κ1) is 24.1. The van der Waals surface area contributed by atoms with Crippen LogP contribution in [-0.4, -0.2) is 51.4 Å². The first-order valence-corrected chi connectivity index (χ1v) is 11.9. The number of aromatic amines is 1. The molecule has 0 saturated carbocycles. The van der Waals surface area contributed by atoms with Gasteiger partial charge in [0.15, 0.2) is 5.15 Å². The highest BCUT2D eigenvalue weighted by atomic mass is 35.5. The van der Waals surface area contributed by atoms with E-state index in [0.29, 0.717) is 17.5 Å². The van der Waals surface area contributed by atoms with E-state index in [-0.39, 0.29) is 23.3 Å². The predicted molar refractivity (Wildman–Crippen MR) is 130 cm³/mol. The van der Waals surface area contributed by atoms with Gasteiger partial charge in [0, 0.05) is 12.1 Å². The van der Waals surface area contributed by atoms with Crippen molar-refractivity contribution in [3.05, 3.63) is 35.2 Å². The number of nitrogens with zero attached hydrogens (tertiary/aromatic N) is 2. The van der Waals surface area contributed by atoms with Crippen LogP contribution in [0.25, 0.3) is 11.3 Å². The van der Waals surface area contributed by atoms with Crippen molar-refractivity contribution in [3.8, 4) is 11.3 Å². The van der Waals surface area contributed by atoms with Crippen LogP contribution in [0.1, 0.15) is 73.2 Å². The normalized spacial score (nSPS) is 22.1. The monoisotopic (exact) mass is 473 g/mol. The third-order valence-electron chi connectivity index (χ3n) is 6.60. The average molecular weight is 474 g/mol. The van der Waals surface area contributed by atoms with Gasteiger partial charge < -0.3 is 19.0 Å². The van der Waals surface area contributed by atoms with Crippen molar-refractivity contribution in [2.24, 2.45) is 0 Å². The zero-order chi connectivity index (χ0) is 24.2. The topological polar surface area (TPSA) is 76.7 Å². The van der Waals surface area contributed by atoms with Gasteiger partial charge in [-0.25, -0.2) is 9.78 Å². The lowest BCUT2D eigenvalue weighted by molar-refractivity contribution is 0.00578. The fourth-order valence-electron chi connectivity index (χ4n) is 4.09. The third-order valence-corrected chi connectivity index (χ3v) is 6.87. The number of likely N-dealkylation sites (tertiary alicyclic amines) is 1. The van der Waals surface area contributed by atoms with Gasteiger partial charge in [-0.2, -0.15) is 0 Å². The van der Waals surface area contributed by atoms with Crippen LogP contribution < -0.4 is 5.46 Å². The second-order valence-electron chi connectivity index (χ2n) is 10.8. The van der Waals surface area contributed by atoms with Gasteiger partial charge in [0.05, 0.1) is 22.9 Å². The van der Waals surface area contributed by atoms with E-state index in [1.165, 1.54) is 0 Å². The predicted octanol–water partition coefficient (Wildman–Crippen LogP) is 5.10. The molecule has 1 amide bonds. The Morgan fingerprint density at radius 3 is 2.36 bits per heavy atom. The summed E-state index contributed by atoms with van der Waals surface area (Å²) in [6, 6.07) is 7.73. The van der Waals surface area contributed by atoms with E-state index in [2.05, 4.69) is 9.97 Å². The van der Waals surface area contributed by atoms with Crippen LogP contribution in [0.15, 0.2) is 24.3 Å². The van der Waals surface area contributed by atoms with Crippen molar-refractivity contribution >= 4 is 30.3 Å². The summed E-state index contributed by atoms with van der Waals surface area (Å²) < 4.78 is 17.9. The SMILES string of the molecule is CC(C)(C)OC(=O)N1CCC[C@H]1c1nc(Cl)c(-c2ccc(B3OC(C)(C)C(C)(C)O3)cc2)[nH]1. The highest BCUT2D eigenvalue weighted by molar-refractivity contribution is 6.62. The van der Waals surface area contributed by atoms with E-state index < -0.39 is 12.7 Å². The van der Waals surface area contributed by atoms with Crippen molar-refractivity contribution in [2.75, 3.05) is 6.54 Å². The Hall–Kier alpha value is -2.03. The quantitative estimate of drug-likeness (QED) is 0.628. The van der Waals surface area contributed by atoms with Gasteiger partial charge in [-0.15, -0.1) is 0 Å². The Bertz CT molecular complexity index is 1010. The molecule has 1 aromatic heterocycles. The number of aromatic nitrogens is 2. The summed E-state index contributed by atoms with van der Waals surface area (Å²) in [5.74, 6) is 0.674. The molecule has 33 heavy (non-hydrogen) atoms. The largest absolute Gasteiger partial charge is 0.494 e. The lowest BCUT2D eigenvalue weighted by atomic mass is 9.79. The number of imidazole rings is 1. The number of amides is 1. The minimum atomic E-state index is -0.547. The molecule has 9 heteroatoms. The summed E-state index contributed by atoms with van der Waals surface area (Å²) in [4.78, 5) is 22.3. The van der Waals surface area contributed by atoms with Crippen molar-refractivity contribution in [2.45, 2.75) is 84.2 Å². The molecule has 7 nitrogen and oxygen atoms in total. The fourth-order valence-corrected chi connectivity index (χ4v) is 4.34. The Labute approximate surface area is 201 Å². The average Bonchev–Trinajstić information content (AvgIpc) is 3.37. The molecule has 0 aliphatic carbocycles. The van der Waals surface area contributed by atoms with Crippen LogP contribution in [0, 0.1) is 0 Å². The summed E-state index contributed by atoms with van der Waals surface area (Å²) in [5.41, 5.74) is 1.25. The van der Waals surface area contributed by atoms with Crippen LogP contribution >= 0.6 is 11.6 Å². The van der Waals surface area contributed by atoms with Gasteiger partial charge in [-0.05, 0) is 66.8 Å². The maximum absolute atomic E-state index is 12.7. The fraction of sp³-hybridized carbons (Fsp3) is 0.583. The smallest absolute Gasteiger partial charge is 0.444 e. The Morgan fingerprint density at radius 2 is 1.79 bits per heavy atom. The lowest BCUT2D eigenvalue weighted by Gasteiger charge is -2.32. The third kappa shape index (κ3) is 4.79. The zero-order valence-electron chi connectivity index (χ0n) is 20.5. The number of hydrogen-bond acceptors (Lipinski definition) is 5. The molecule has 2 aliphatic heterocycles. The zero-order valence-corrected chi connectivity index (χ0v) is 21.2. The highest BCUT2D eigenvalue weighted by Crippen LogP contribution is 2.37. The van der Waals surface area contributed by atoms with Crippen molar-refractivity contribution in [1.29, 1.82) is 0 Å². The number of ether oxygens (including phenoxy) is 1. The molecular formula is C24H33BClN3O4. The second-order valence-corrected chi connectivity index (χ2v) is 11.2. The lowest BCUT2D eigenvalue weighted by Crippen LogP contribution is -2.41. The molecule has 4 rings (SSSR count). The minimum Gasteiger partial charge on any atom is -0.444 e. The number of carbonyl (C=O) groups excluding carboxylic acids is 1. The maximum atomic E-state index is 12.7. The van der Waals surface area contributed by atoms with E-state index in [1.807, 2.05) is 72.7 Å². The molecule has 0 unspecified atom stereocenters. The molecular weight excluding hydrogens is 441 g/mol. The molecule has 0 bridgehead atoms. The number of halogens is 1. The standard InChI is InChI=1S/C24H33BClN3O4/c1-22(2,3)31-21(30)29-14-8-9-17(29)20-27-18(19(26)28-20)15-10-12-16(13-11-15)25-32-23(4,5)24(6,7)33-25/h10-13,17H,8-9,14H2,1-7H3,(H,27,28)/t17-/m0/s1. The number of H-pyrrole nitrogens is 1. The Kier molecular flexibility index (Phi) is 6.08. The summed E-state index contributed by atoms with van der Waals surface area (Å²) in [7, 11) is -0.419. The summed E-state index contributed by atoms with van der Waals surface area (Å²) in [6.45, 7) is 14.4. The van der Waals surface area contributed by atoms with Gasteiger partial charge in [0.1, 0.15) is 11.4 Å². The van der Waals surface area contributed by atoms with E-state index in [0.717, 1.165) is 29.6 Å². The molecule has 2 fully saturated rings. The highest BCUT2D eigenvalue weighted by Gasteiger charge is 2.51. The molecule has 0 radical (unpaired) electrons. The molecule has 1 aromatic carbocycles. The molecule has 1 atom stereocenters. The molecule has 0 spiro atoms. The van der Waals surface area contributed by atoms with E-state index >= 15 is 0 Å². The molecule has 2 saturated heterocycles. The first-order valence-electron chi connectivity index (χ1n) is 11.5.